The second-order valence-electron chi connectivity index (χ2n) is 12.0. The second-order valence-corrected chi connectivity index (χ2v) is 12.0. The Labute approximate surface area is 253 Å². The number of hydrogen-bond acceptors (Lipinski definition) is 2. The molecule has 0 bridgehead atoms. The number of amides is 2. The normalized spacial score (nSPS) is 17.6. The molecule has 7 rings (SSSR count). The predicted molar refractivity (Wildman–Crippen MR) is 172 cm³/mol. The van der Waals surface area contributed by atoms with Crippen LogP contribution in [0.5, 0.6) is 0 Å². The number of carbonyl (C=O) groups excluding carboxylic acids is 2. The van der Waals surface area contributed by atoms with Gasteiger partial charge in [-0.1, -0.05) is 111 Å². The number of aryl methyl sites for hydroxylation is 1. The number of benzene rings is 4. The van der Waals surface area contributed by atoms with Crippen LogP contribution in [-0.4, -0.2) is 38.8 Å². The maximum atomic E-state index is 14.7. The second kappa shape index (κ2) is 10.9. The number of carbonyl (C=O) groups is 2. The van der Waals surface area contributed by atoms with Gasteiger partial charge in [0.15, 0.2) is 0 Å². The van der Waals surface area contributed by atoms with Gasteiger partial charge in [0.25, 0.3) is 5.91 Å². The highest BCUT2D eigenvalue weighted by Crippen LogP contribution is 2.48. The van der Waals surface area contributed by atoms with Crippen molar-refractivity contribution in [1.82, 2.24) is 14.4 Å². The maximum Gasteiger partial charge on any atom is 0.255 e. The summed E-state index contributed by atoms with van der Waals surface area (Å²) in [5, 5.41) is 1.10. The van der Waals surface area contributed by atoms with Crippen molar-refractivity contribution in [3.63, 3.8) is 0 Å². The largest absolute Gasteiger partial charge is 0.343 e. The van der Waals surface area contributed by atoms with Crippen molar-refractivity contribution in [3.05, 3.63) is 131 Å². The zero-order chi connectivity index (χ0) is 29.7. The fraction of sp³-hybridized carbons (Fsp3) is 0.263. The Balaban J connectivity index is 1.43. The average Bonchev–Trinajstić information content (AvgIpc) is 3.51. The lowest BCUT2D eigenvalue weighted by atomic mass is 9.89. The molecule has 2 aliphatic rings. The van der Waals surface area contributed by atoms with Gasteiger partial charge in [0.1, 0.15) is 6.04 Å². The number of aromatic nitrogens is 1. The van der Waals surface area contributed by atoms with Crippen LogP contribution in [-0.2, 0) is 24.8 Å². The molecule has 0 spiro atoms. The summed E-state index contributed by atoms with van der Waals surface area (Å²) in [6.07, 6.45) is 1.61. The summed E-state index contributed by atoms with van der Waals surface area (Å²) in [7, 11) is 2.10. The smallest absolute Gasteiger partial charge is 0.255 e. The van der Waals surface area contributed by atoms with Crippen molar-refractivity contribution >= 4 is 22.7 Å². The summed E-state index contributed by atoms with van der Waals surface area (Å²) in [5.41, 5.74) is 8.49. The Morgan fingerprint density at radius 2 is 1.53 bits per heavy atom. The zero-order valence-corrected chi connectivity index (χ0v) is 25.0. The van der Waals surface area contributed by atoms with Crippen molar-refractivity contribution in [3.8, 4) is 11.3 Å². The highest BCUT2D eigenvalue weighted by molar-refractivity contribution is 6.04. The minimum absolute atomic E-state index is 0.0272. The molecule has 3 atom stereocenters. The van der Waals surface area contributed by atoms with Crippen LogP contribution in [0.2, 0.25) is 0 Å². The molecule has 3 heterocycles. The fourth-order valence-electron chi connectivity index (χ4n) is 7.29. The molecule has 0 saturated heterocycles. The Kier molecular flexibility index (Phi) is 6.89. The molecule has 3 unspecified atom stereocenters. The summed E-state index contributed by atoms with van der Waals surface area (Å²) >= 11 is 0. The number of rotatable bonds is 6. The standard InChI is InChI=1S/C38H37N3O2/c1-4-25(2)34(38(43)40-23-22-26-14-8-9-17-28(26)24-40)41-36(29-18-10-11-19-30(29)37(41)42)33-31-20-12-13-21-32(31)39(3)35(33)27-15-6-5-7-16-27/h5-21,25,34,36H,4,22-24H2,1-3H3. The molecule has 216 valence electrons. The van der Waals surface area contributed by atoms with E-state index >= 15 is 0 Å². The van der Waals surface area contributed by atoms with Crippen molar-refractivity contribution in [1.29, 1.82) is 0 Å². The van der Waals surface area contributed by atoms with Gasteiger partial charge in [-0.3, -0.25) is 9.59 Å². The molecule has 0 saturated carbocycles. The van der Waals surface area contributed by atoms with Gasteiger partial charge in [0.05, 0.1) is 11.7 Å². The van der Waals surface area contributed by atoms with E-state index in [1.807, 2.05) is 40.1 Å². The van der Waals surface area contributed by atoms with Gasteiger partial charge in [0.2, 0.25) is 5.91 Å². The predicted octanol–water partition coefficient (Wildman–Crippen LogP) is 7.39. The van der Waals surface area contributed by atoms with Gasteiger partial charge >= 0.3 is 0 Å². The van der Waals surface area contributed by atoms with Crippen LogP contribution in [0.4, 0.5) is 0 Å². The quantitative estimate of drug-likeness (QED) is 0.215. The molecule has 5 heteroatoms. The molecular formula is C38H37N3O2. The molecule has 0 N–H and O–H groups in total. The topological polar surface area (TPSA) is 45.6 Å². The van der Waals surface area contributed by atoms with Crippen LogP contribution in [0.3, 0.4) is 0 Å². The van der Waals surface area contributed by atoms with E-state index in [1.54, 1.807) is 0 Å². The third-order valence-electron chi connectivity index (χ3n) is 9.64. The van der Waals surface area contributed by atoms with Gasteiger partial charge in [0, 0.05) is 42.2 Å². The Morgan fingerprint density at radius 1 is 0.860 bits per heavy atom. The molecule has 2 amide bonds. The molecule has 0 aliphatic carbocycles. The molecular weight excluding hydrogens is 530 g/mol. The molecule has 2 aliphatic heterocycles. The van der Waals surface area contributed by atoms with E-state index in [4.69, 9.17) is 0 Å². The SMILES string of the molecule is CCC(C)C(C(=O)N1CCc2ccccc2C1)N1C(=O)c2ccccc2C1c1c(-c2ccccc2)n(C)c2ccccc12. The lowest BCUT2D eigenvalue weighted by Crippen LogP contribution is -2.54. The molecule has 4 aromatic carbocycles. The summed E-state index contributed by atoms with van der Waals surface area (Å²) < 4.78 is 2.24. The van der Waals surface area contributed by atoms with Crippen LogP contribution >= 0.6 is 0 Å². The molecule has 0 radical (unpaired) electrons. The molecule has 0 fully saturated rings. The first-order chi connectivity index (χ1) is 21.0. The van der Waals surface area contributed by atoms with Crippen molar-refractivity contribution in [2.75, 3.05) is 6.54 Å². The van der Waals surface area contributed by atoms with Crippen molar-refractivity contribution in [2.24, 2.45) is 13.0 Å². The molecule has 43 heavy (non-hydrogen) atoms. The third-order valence-corrected chi connectivity index (χ3v) is 9.64. The minimum Gasteiger partial charge on any atom is -0.343 e. The van der Waals surface area contributed by atoms with E-state index in [2.05, 4.69) is 98.3 Å². The lowest BCUT2D eigenvalue weighted by Gasteiger charge is -2.40. The number of hydrogen-bond donors (Lipinski definition) is 0. The van der Waals surface area contributed by atoms with Crippen LogP contribution in [0, 0.1) is 5.92 Å². The van der Waals surface area contributed by atoms with E-state index in [0.717, 1.165) is 46.1 Å². The van der Waals surface area contributed by atoms with Gasteiger partial charge in [-0.25, -0.2) is 0 Å². The van der Waals surface area contributed by atoms with Crippen molar-refractivity contribution in [2.45, 2.75) is 45.3 Å². The Morgan fingerprint density at radius 3 is 2.33 bits per heavy atom. The first kappa shape index (κ1) is 27.2. The van der Waals surface area contributed by atoms with Crippen LogP contribution in [0.25, 0.3) is 22.2 Å². The van der Waals surface area contributed by atoms with E-state index < -0.39 is 12.1 Å². The van der Waals surface area contributed by atoms with Gasteiger partial charge in [-0.05, 0) is 46.7 Å². The van der Waals surface area contributed by atoms with Crippen LogP contribution in [0.15, 0.2) is 103 Å². The monoisotopic (exact) mass is 567 g/mol. The summed E-state index contributed by atoms with van der Waals surface area (Å²) in [6.45, 7) is 5.47. The molecule has 5 nitrogen and oxygen atoms in total. The third kappa shape index (κ3) is 4.37. The highest BCUT2D eigenvalue weighted by Gasteiger charge is 2.48. The van der Waals surface area contributed by atoms with Gasteiger partial charge in [-0.2, -0.15) is 0 Å². The van der Waals surface area contributed by atoms with Crippen molar-refractivity contribution < 1.29 is 9.59 Å². The highest BCUT2D eigenvalue weighted by atomic mass is 16.2. The first-order valence-electron chi connectivity index (χ1n) is 15.4. The maximum absolute atomic E-state index is 14.7. The fourth-order valence-corrected chi connectivity index (χ4v) is 7.29. The summed E-state index contributed by atoms with van der Waals surface area (Å²) in [4.78, 5) is 33.2. The van der Waals surface area contributed by atoms with E-state index in [-0.39, 0.29) is 17.7 Å². The minimum atomic E-state index is -0.595. The van der Waals surface area contributed by atoms with Gasteiger partial charge < -0.3 is 14.4 Å². The van der Waals surface area contributed by atoms with E-state index in [1.165, 1.54) is 11.1 Å². The Bertz CT molecular complexity index is 1840. The molecule has 5 aromatic rings. The zero-order valence-electron chi connectivity index (χ0n) is 25.0. The average molecular weight is 568 g/mol. The summed E-state index contributed by atoms with van der Waals surface area (Å²) in [5.74, 6) is -0.0549. The Hall–Kier alpha value is -4.64. The molecule has 1 aromatic heterocycles. The number of fused-ring (bicyclic) bond motifs is 3. The number of nitrogens with zero attached hydrogens (tertiary/aromatic N) is 3. The summed E-state index contributed by atoms with van der Waals surface area (Å²) in [6, 6.07) is 34.2. The number of para-hydroxylation sites is 1. The van der Waals surface area contributed by atoms with Crippen LogP contribution < -0.4 is 0 Å². The first-order valence-corrected chi connectivity index (χ1v) is 15.4. The van der Waals surface area contributed by atoms with E-state index in [0.29, 0.717) is 18.7 Å². The van der Waals surface area contributed by atoms with Gasteiger partial charge in [-0.15, -0.1) is 0 Å². The lowest BCUT2D eigenvalue weighted by molar-refractivity contribution is -0.139. The van der Waals surface area contributed by atoms with Crippen LogP contribution in [0.1, 0.15) is 58.9 Å². The van der Waals surface area contributed by atoms with E-state index in [9.17, 15) is 9.59 Å².